The van der Waals surface area contributed by atoms with Gasteiger partial charge in [-0.2, -0.15) is 0 Å². The lowest BCUT2D eigenvalue weighted by atomic mass is 10.1. The number of hydrogen-bond acceptors (Lipinski definition) is 4. The summed E-state index contributed by atoms with van der Waals surface area (Å²) in [5, 5.41) is 2.75. The number of fused-ring (bicyclic) bond motifs is 1. The minimum Gasteiger partial charge on any atom is -0.324 e. The van der Waals surface area contributed by atoms with Crippen LogP contribution < -0.4 is 5.32 Å². The van der Waals surface area contributed by atoms with Crippen LogP contribution in [0.2, 0.25) is 0 Å². The van der Waals surface area contributed by atoms with Gasteiger partial charge in [-0.05, 0) is 50.6 Å². The summed E-state index contributed by atoms with van der Waals surface area (Å²) in [5.41, 5.74) is 4.98. The number of aromatic amines is 1. The fourth-order valence-electron chi connectivity index (χ4n) is 2.59. The van der Waals surface area contributed by atoms with Crippen molar-refractivity contribution in [2.45, 2.75) is 20.8 Å². The van der Waals surface area contributed by atoms with Crippen molar-refractivity contribution in [1.29, 1.82) is 0 Å². The van der Waals surface area contributed by atoms with E-state index in [2.05, 4.69) is 20.3 Å². The number of benzene rings is 1. The van der Waals surface area contributed by atoms with Crippen LogP contribution in [0, 0.1) is 20.8 Å². The molecule has 0 aliphatic carbocycles. The molecule has 0 atom stereocenters. The Balaban J connectivity index is 1.93. The fraction of sp³-hybridized carbons (Fsp3) is 0.176. The van der Waals surface area contributed by atoms with E-state index in [1.54, 1.807) is 24.3 Å². The van der Waals surface area contributed by atoms with Crippen molar-refractivity contribution in [3.63, 3.8) is 0 Å². The molecule has 0 bridgehead atoms. The second-order valence-corrected chi connectivity index (χ2v) is 5.53. The molecule has 2 aromatic heterocycles. The zero-order valence-corrected chi connectivity index (χ0v) is 13.1. The van der Waals surface area contributed by atoms with E-state index in [1.165, 1.54) is 0 Å². The molecule has 1 amide bonds. The van der Waals surface area contributed by atoms with Crippen molar-refractivity contribution in [2.75, 3.05) is 5.32 Å². The summed E-state index contributed by atoms with van der Waals surface area (Å²) >= 11 is 0. The summed E-state index contributed by atoms with van der Waals surface area (Å²) in [6.07, 6.45) is 0.786. The number of anilines is 1. The molecule has 116 valence electrons. The monoisotopic (exact) mass is 308 g/mol. The third-order valence-corrected chi connectivity index (χ3v) is 3.51. The minimum absolute atomic E-state index is 0.258. The summed E-state index contributed by atoms with van der Waals surface area (Å²) in [4.78, 5) is 34.9. The number of nitrogens with one attached hydrogen (secondary N) is 2. The van der Waals surface area contributed by atoms with Crippen LogP contribution in [0.4, 0.5) is 5.95 Å². The van der Waals surface area contributed by atoms with Crippen LogP contribution in [0.5, 0.6) is 0 Å². The molecule has 2 heterocycles. The Morgan fingerprint density at radius 3 is 2.43 bits per heavy atom. The molecular weight excluding hydrogens is 292 g/mol. The van der Waals surface area contributed by atoms with Gasteiger partial charge < -0.3 is 4.98 Å². The van der Waals surface area contributed by atoms with Gasteiger partial charge in [0.05, 0.1) is 11.0 Å². The van der Waals surface area contributed by atoms with E-state index >= 15 is 0 Å². The maximum atomic E-state index is 12.3. The molecule has 0 fully saturated rings. The number of aromatic nitrogens is 3. The molecule has 0 radical (unpaired) electrons. The van der Waals surface area contributed by atoms with Crippen molar-refractivity contribution in [3.8, 4) is 0 Å². The highest BCUT2D eigenvalue weighted by Crippen LogP contribution is 2.20. The maximum absolute atomic E-state index is 12.3. The highest BCUT2D eigenvalue weighted by molar-refractivity contribution is 6.04. The molecule has 0 aliphatic heterocycles. The molecule has 0 aliphatic rings. The SMILES string of the molecule is Cc1cc(C(=O)Nc2nc3c(C)cc(C=O)cc3[nH]2)cc(C)n1. The highest BCUT2D eigenvalue weighted by atomic mass is 16.1. The smallest absolute Gasteiger partial charge is 0.258 e. The Labute approximate surface area is 133 Å². The topological polar surface area (TPSA) is 87.7 Å². The van der Waals surface area contributed by atoms with Gasteiger partial charge in [-0.1, -0.05) is 0 Å². The first-order valence-corrected chi connectivity index (χ1v) is 7.18. The molecule has 3 rings (SSSR count). The predicted molar refractivity (Wildman–Crippen MR) is 87.9 cm³/mol. The number of aldehydes is 1. The summed E-state index contributed by atoms with van der Waals surface area (Å²) < 4.78 is 0. The van der Waals surface area contributed by atoms with Gasteiger partial charge in [0.2, 0.25) is 5.95 Å². The molecule has 3 aromatic rings. The van der Waals surface area contributed by atoms with Gasteiger partial charge >= 0.3 is 0 Å². The Morgan fingerprint density at radius 1 is 1.09 bits per heavy atom. The van der Waals surface area contributed by atoms with Crippen LogP contribution in [0.3, 0.4) is 0 Å². The Bertz CT molecular complexity index is 907. The van der Waals surface area contributed by atoms with Gasteiger partial charge in [0.25, 0.3) is 5.91 Å². The quantitative estimate of drug-likeness (QED) is 0.728. The standard InChI is InChI=1S/C17H16N4O2/c1-9-4-12(8-22)7-14-15(9)20-17(19-14)21-16(23)13-5-10(2)18-11(3)6-13/h4-8H,1-3H3,(H2,19,20,21,23). The molecule has 6 heteroatoms. The maximum Gasteiger partial charge on any atom is 0.258 e. The molecule has 2 N–H and O–H groups in total. The van der Waals surface area contributed by atoms with E-state index < -0.39 is 0 Å². The molecule has 23 heavy (non-hydrogen) atoms. The third kappa shape index (κ3) is 2.96. The number of pyridine rings is 1. The molecule has 0 spiro atoms. The van der Waals surface area contributed by atoms with E-state index in [-0.39, 0.29) is 5.91 Å². The van der Waals surface area contributed by atoms with Crippen molar-refractivity contribution < 1.29 is 9.59 Å². The number of rotatable bonds is 3. The van der Waals surface area contributed by atoms with Crippen molar-refractivity contribution >= 4 is 29.2 Å². The number of aryl methyl sites for hydroxylation is 3. The lowest BCUT2D eigenvalue weighted by Crippen LogP contribution is -2.13. The lowest BCUT2D eigenvalue weighted by molar-refractivity contribution is 0.102. The number of amides is 1. The van der Waals surface area contributed by atoms with Gasteiger partial charge in [0.15, 0.2) is 0 Å². The lowest BCUT2D eigenvalue weighted by Gasteiger charge is -2.04. The number of carbonyl (C=O) groups is 2. The van der Waals surface area contributed by atoms with Crippen LogP contribution in [-0.2, 0) is 0 Å². The van der Waals surface area contributed by atoms with E-state index in [9.17, 15) is 9.59 Å². The minimum atomic E-state index is -0.258. The molecule has 0 saturated carbocycles. The van der Waals surface area contributed by atoms with Gasteiger partial charge in [-0.15, -0.1) is 0 Å². The van der Waals surface area contributed by atoms with Gasteiger partial charge in [-0.25, -0.2) is 4.98 Å². The summed E-state index contributed by atoms with van der Waals surface area (Å²) in [7, 11) is 0. The first kappa shape index (κ1) is 14.9. The van der Waals surface area contributed by atoms with E-state index in [1.807, 2.05) is 20.8 Å². The zero-order chi connectivity index (χ0) is 16.6. The fourth-order valence-corrected chi connectivity index (χ4v) is 2.59. The Morgan fingerprint density at radius 2 is 1.78 bits per heavy atom. The molecule has 1 aromatic carbocycles. The average Bonchev–Trinajstić information content (AvgIpc) is 2.89. The van der Waals surface area contributed by atoms with Crippen LogP contribution in [0.15, 0.2) is 24.3 Å². The van der Waals surface area contributed by atoms with Crippen LogP contribution in [0.1, 0.15) is 37.7 Å². The van der Waals surface area contributed by atoms with Gasteiger partial charge in [0, 0.05) is 22.5 Å². The van der Waals surface area contributed by atoms with Crippen LogP contribution >= 0.6 is 0 Å². The summed E-state index contributed by atoms with van der Waals surface area (Å²) in [5.74, 6) is 0.0918. The van der Waals surface area contributed by atoms with Crippen molar-refractivity contribution in [1.82, 2.24) is 15.0 Å². The van der Waals surface area contributed by atoms with Gasteiger partial charge in [-0.3, -0.25) is 19.9 Å². The van der Waals surface area contributed by atoms with Gasteiger partial charge in [0.1, 0.15) is 6.29 Å². The van der Waals surface area contributed by atoms with Crippen LogP contribution in [-0.4, -0.2) is 27.1 Å². The molecule has 0 unspecified atom stereocenters. The average molecular weight is 308 g/mol. The summed E-state index contributed by atoms with van der Waals surface area (Å²) in [6.45, 7) is 5.56. The molecular formula is C17H16N4O2. The van der Waals surface area contributed by atoms with E-state index in [0.717, 1.165) is 28.8 Å². The number of H-pyrrole nitrogens is 1. The number of imidazole rings is 1. The molecule has 6 nitrogen and oxygen atoms in total. The van der Waals surface area contributed by atoms with E-state index in [0.29, 0.717) is 22.6 Å². The predicted octanol–water partition coefficient (Wildman–Crippen LogP) is 2.95. The van der Waals surface area contributed by atoms with E-state index in [4.69, 9.17) is 0 Å². The summed E-state index contributed by atoms with van der Waals surface area (Å²) in [6, 6.07) is 6.91. The number of hydrogen-bond donors (Lipinski definition) is 2. The van der Waals surface area contributed by atoms with Crippen molar-refractivity contribution in [3.05, 3.63) is 52.3 Å². The zero-order valence-electron chi connectivity index (χ0n) is 13.1. The Hall–Kier alpha value is -3.02. The number of nitrogens with zero attached hydrogens (tertiary/aromatic N) is 2. The number of carbonyl (C=O) groups excluding carboxylic acids is 2. The molecule has 0 saturated heterocycles. The van der Waals surface area contributed by atoms with Crippen LogP contribution in [0.25, 0.3) is 11.0 Å². The normalized spacial score (nSPS) is 10.7. The first-order chi connectivity index (χ1) is 11.0. The Kier molecular flexibility index (Phi) is 3.65. The largest absolute Gasteiger partial charge is 0.324 e. The third-order valence-electron chi connectivity index (χ3n) is 3.51. The highest BCUT2D eigenvalue weighted by Gasteiger charge is 2.12. The van der Waals surface area contributed by atoms with Crippen molar-refractivity contribution in [2.24, 2.45) is 0 Å². The second kappa shape index (κ2) is 5.64. The second-order valence-electron chi connectivity index (χ2n) is 5.53. The first-order valence-electron chi connectivity index (χ1n) is 7.18.